The Bertz CT molecular complexity index is 1190. The van der Waals surface area contributed by atoms with Crippen LogP contribution in [0.4, 0.5) is 0 Å². The monoisotopic (exact) mass is 512 g/mol. The van der Waals surface area contributed by atoms with E-state index >= 15 is 0 Å². The number of ketones is 1. The molecule has 0 bridgehead atoms. The van der Waals surface area contributed by atoms with Crippen LogP contribution in [-0.4, -0.2) is 25.5 Å². The second kappa shape index (κ2) is 7.95. The van der Waals surface area contributed by atoms with Gasteiger partial charge >= 0.3 is 5.97 Å². The van der Waals surface area contributed by atoms with Gasteiger partial charge < -0.3 is 14.8 Å². The number of halogens is 1. The van der Waals surface area contributed by atoms with Crippen LogP contribution in [0.25, 0.3) is 5.70 Å². The van der Waals surface area contributed by atoms with Crippen LogP contribution in [0.3, 0.4) is 0 Å². The Morgan fingerprint density at radius 2 is 1.97 bits per heavy atom. The van der Waals surface area contributed by atoms with E-state index in [0.29, 0.717) is 28.2 Å². The summed E-state index contributed by atoms with van der Waals surface area (Å²) >= 11 is 2.12. The molecule has 0 amide bonds. The van der Waals surface area contributed by atoms with E-state index in [-0.39, 0.29) is 12.4 Å². The number of allylic oxidation sites excluding steroid dienone is 2. The zero-order chi connectivity index (χ0) is 21.4. The lowest BCUT2D eigenvalue weighted by molar-refractivity contribution is -0.136. The van der Waals surface area contributed by atoms with Crippen molar-refractivity contribution in [3.8, 4) is 11.8 Å². The number of carbonyl (C=O) groups excluding carboxylic acids is 2. The first kappa shape index (κ1) is 20.2. The number of benzene rings is 2. The molecule has 150 valence electrons. The van der Waals surface area contributed by atoms with Crippen LogP contribution < -0.4 is 10.1 Å². The third-order valence-electron chi connectivity index (χ3n) is 5.24. The quantitative estimate of drug-likeness (QED) is 0.494. The third-order valence-corrected chi connectivity index (χ3v) is 6.08. The smallest absolute Gasteiger partial charge is 0.336 e. The van der Waals surface area contributed by atoms with E-state index in [1.54, 1.807) is 12.1 Å². The highest BCUT2D eigenvalue weighted by atomic mass is 127. The summed E-state index contributed by atoms with van der Waals surface area (Å²) in [5.74, 6) is -0.593. The first-order valence-corrected chi connectivity index (χ1v) is 10.3. The van der Waals surface area contributed by atoms with Gasteiger partial charge in [0, 0.05) is 28.3 Å². The molecule has 4 rings (SSSR count). The fourth-order valence-electron chi connectivity index (χ4n) is 3.97. The highest BCUT2D eigenvalue weighted by Gasteiger charge is 2.42. The van der Waals surface area contributed by atoms with Gasteiger partial charge in [-0.25, -0.2) is 4.79 Å². The number of methoxy groups -OCH3 is 1. The van der Waals surface area contributed by atoms with Gasteiger partial charge in [0.2, 0.25) is 0 Å². The van der Waals surface area contributed by atoms with Crippen LogP contribution in [0.5, 0.6) is 5.75 Å². The molecule has 6 nitrogen and oxygen atoms in total. The van der Waals surface area contributed by atoms with Crippen LogP contribution in [0, 0.1) is 14.9 Å². The molecule has 2 aliphatic rings. The fourth-order valence-corrected chi connectivity index (χ4v) is 4.66. The summed E-state index contributed by atoms with van der Waals surface area (Å²) in [7, 11) is 1.33. The molecule has 0 aromatic heterocycles. The maximum atomic E-state index is 13.3. The maximum Gasteiger partial charge on any atom is 0.336 e. The van der Waals surface area contributed by atoms with Crippen LogP contribution in [0.2, 0.25) is 0 Å². The lowest BCUT2D eigenvalue weighted by Crippen LogP contribution is -2.29. The molecule has 1 N–H and O–H groups in total. The minimum atomic E-state index is -0.577. The van der Waals surface area contributed by atoms with E-state index in [4.69, 9.17) is 14.7 Å². The van der Waals surface area contributed by atoms with Crippen molar-refractivity contribution in [1.82, 2.24) is 5.32 Å². The van der Waals surface area contributed by atoms with Crippen LogP contribution in [0.15, 0.2) is 59.3 Å². The van der Waals surface area contributed by atoms with Gasteiger partial charge in [-0.1, -0.05) is 30.3 Å². The van der Waals surface area contributed by atoms with E-state index < -0.39 is 11.9 Å². The Kier molecular flexibility index (Phi) is 5.35. The fraction of sp³-hybridized carbons (Fsp3) is 0.174. The minimum absolute atomic E-state index is 0.0573. The lowest BCUT2D eigenvalue weighted by Gasteiger charge is -2.29. The second-order valence-corrected chi connectivity index (χ2v) is 8.05. The summed E-state index contributed by atoms with van der Waals surface area (Å²) < 4.78 is 11.3. The Labute approximate surface area is 187 Å². The number of dihydropyridines is 1. The van der Waals surface area contributed by atoms with Crippen molar-refractivity contribution >= 4 is 40.0 Å². The van der Waals surface area contributed by atoms with Crippen molar-refractivity contribution in [3.05, 3.63) is 79.6 Å². The van der Waals surface area contributed by atoms with E-state index in [9.17, 15) is 9.59 Å². The van der Waals surface area contributed by atoms with Gasteiger partial charge in [-0.2, -0.15) is 5.26 Å². The highest BCUT2D eigenvalue weighted by molar-refractivity contribution is 14.1. The number of nitrogens with zero attached hydrogens (tertiary/aromatic N) is 1. The van der Waals surface area contributed by atoms with E-state index in [1.165, 1.54) is 7.11 Å². The zero-order valence-corrected chi connectivity index (χ0v) is 18.4. The lowest BCUT2D eigenvalue weighted by atomic mass is 9.80. The predicted molar refractivity (Wildman–Crippen MR) is 119 cm³/mol. The van der Waals surface area contributed by atoms with Crippen molar-refractivity contribution in [2.75, 3.05) is 13.7 Å². The molecule has 2 aromatic rings. The van der Waals surface area contributed by atoms with Gasteiger partial charge in [0.1, 0.15) is 11.8 Å². The molecule has 1 heterocycles. The molecule has 0 saturated carbocycles. The molecular weight excluding hydrogens is 495 g/mol. The van der Waals surface area contributed by atoms with Crippen molar-refractivity contribution in [2.45, 2.75) is 12.8 Å². The van der Waals surface area contributed by atoms with Gasteiger partial charge in [0.25, 0.3) is 0 Å². The number of Topliss-reactive ketones (excluding diaryl/α,β-unsaturated/α-hetero) is 1. The molecular formula is C23H17IN2O4. The third kappa shape index (κ3) is 3.17. The molecule has 0 saturated heterocycles. The van der Waals surface area contributed by atoms with Gasteiger partial charge in [-0.3, -0.25) is 4.79 Å². The molecule has 0 radical (unpaired) electrons. The van der Waals surface area contributed by atoms with Crippen molar-refractivity contribution in [3.63, 3.8) is 0 Å². The van der Waals surface area contributed by atoms with Crippen LogP contribution in [-0.2, 0) is 9.53 Å². The number of esters is 1. The second-order valence-electron chi connectivity index (χ2n) is 6.89. The van der Waals surface area contributed by atoms with Gasteiger partial charge in [-0.15, -0.1) is 0 Å². The van der Waals surface area contributed by atoms with Crippen molar-refractivity contribution in [2.24, 2.45) is 0 Å². The summed E-state index contributed by atoms with van der Waals surface area (Å²) in [4.78, 5) is 26.0. The molecule has 2 aromatic carbocycles. The van der Waals surface area contributed by atoms with Crippen molar-refractivity contribution in [1.29, 1.82) is 5.26 Å². The van der Waals surface area contributed by atoms with Crippen molar-refractivity contribution < 1.29 is 19.1 Å². The van der Waals surface area contributed by atoms with Gasteiger partial charge in [-0.05, 0) is 47.2 Å². The number of ether oxygens (including phenoxy) is 2. The molecule has 30 heavy (non-hydrogen) atoms. The summed E-state index contributed by atoms with van der Waals surface area (Å²) in [5, 5.41) is 12.0. The maximum absolute atomic E-state index is 13.3. The number of hydrogen-bond acceptors (Lipinski definition) is 6. The summed E-state index contributed by atoms with van der Waals surface area (Å²) in [6.45, 7) is 1.75. The highest BCUT2D eigenvalue weighted by Crippen LogP contribution is 2.47. The molecule has 0 spiro atoms. The average Bonchev–Trinajstić information content (AvgIpc) is 3.03. The number of rotatable bonds is 4. The Balaban J connectivity index is 1.89. The number of carbonyl (C=O) groups is 2. The molecule has 0 fully saturated rings. The van der Waals surface area contributed by atoms with Crippen LogP contribution >= 0.6 is 22.6 Å². The first-order chi connectivity index (χ1) is 14.5. The Morgan fingerprint density at radius 3 is 2.63 bits per heavy atom. The SMILES string of the molecule is COC(=O)C1=C(C)NC2=C(C(=O)c3ccccc32)[C@@H]1c1ccc(OCC#N)c(I)c1. The van der Waals surface area contributed by atoms with E-state index in [0.717, 1.165) is 20.4 Å². The number of hydrogen-bond donors (Lipinski definition) is 1. The standard InChI is InChI=1S/C23H17IN2O4/c1-12-18(23(28)29-2)19(13-7-8-17(16(24)11-13)30-10-9-25)20-21(26-12)14-5-3-4-6-15(14)22(20)27/h3-8,11,19,26H,10H2,1-2H3/t19-/m1/s1. The van der Waals surface area contributed by atoms with Gasteiger partial charge in [0.15, 0.2) is 12.4 Å². The van der Waals surface area contributed by atoms with Gasteiger partial charge in [0.05, 0.1) is 22.0 Å². The zero-order valence-electron chi connectivity index (χ0n) is 16.3. The Morgan fingerprint density at radius 1 is 1.23 bits per heavy atom. The summed E-state index contributed by atoms with van der Waals surface area (Å²) in [6.07, 6.45) is 0. The minimum Gasteiger partial charge on any atom is -0.478 e. The predicted octanol–water partition coefficient (Wildman–Crippen LogP) is 3.93. The van der Waals surface area contributed by atoms with Crippen LogP contribution in [0.1, 0.15) is 34.3 Å². The molecule has 1 atom stereocenters. The normalized spacial score (nSPS) is 17.1. The summed E-state index contributed by atoms with van der Waals surface area (Å²) in [5.41, 5.74) is 4.53. The average molecular weight is 512 g/mol. The molecule has 1 aliphatic carbocycles. The molecule has 7 heteroatoms. The number of nitrogens with one attached hydrogen (secondary N) is 1. The topological polar surface area (TPSA) is 88.4 Å². The molecule has 0 unspecified atom stereocenters. The van der Waals surface area contributed by atoms with E-state index in [2.05, 4.69) is 27.9 Å². The Hall–Kier alpha value is -3.12. The number of fused-ring (bicyclic) bond motifs is 2. The number of nitriles is 1. The largest absolute Gasteiger partial charge is 0.478 e. The van der Waals surface area contributed by atoms with E-state index in [1.807, 2.05) is 43.3 Å². The summed E-state index contributed by atoms with van der Waals surface area (Å²) in [6, 6.07) is 14.8. The first-order valence-electron chi connectivity index (χ1n) is 9.21. The molecule has 1 aliphatic heterocycles.